The molecule has 1 atom stereocenters. The van der Waals surface area contributed by atoms with Crippen molar-refractivity contribution in [3.05, 3.63) is 48.5 Å². The van der Waals surface area contributed by atoms with Gasteiger partial charge in [0.05, 0.1) is 19.9 Å². The van der Waals surface area contributed by atoms with Gasteiger partial charge in [0.25, 0.3) is 0 Å². The van der Waals surface area contributed by atoms with E-state index in [4.69, 9.17) is 9.47 Å². The summed E-state index contributed by atoms with van der Waals surface area (Å²) in [6.07, 6.45) is 0.127. The van der Waals surface area contributed by atoms with Crippen LogP contribution in [0.4, 0.5) is 11.4 Å². The second kappa shape index (κ2) is 9.47. The molecule has 2 aromatic carbocycles. The van der Waals surface area contributed by atoms with Gasteiger partial charge in [-0.3, -0.25) is 14.5 Å². The predicted octanol–water partition coefficient (Wildman–Crippen LogP) is 3.68. The number of amidine groups is 1. The first-order valence-electron chi connectivity index (χ1n) is 9.18. The lowest BCUT2D eigenvalue weighted by molar-refractivity contribution is -0.129. The van der Waals surface area contributed by atoms with Gasteiger partial charge >= 0.3 is 0 Å². The van der Waals surface area contributed by atoms with Crippen LogP contribution in [-0.2, 0) is 9.59 Å². The van der Waals surface area contributed by atoms with Gasteiger partial charge in [0.1, 0.15) is 16.7 Å². The van der Waals surface area contributed by atoms with Crippen LogP contribution in [0, 0.1) is 0 Å². The molecule has 7 nitrogen and oxygen atoms in total. The van der Waals surface area contributed by atoms with Gasteiger partial charge in [-0.2, -0.15) is 0 Å². The number of benzene rings is 2. The Morgan fingerprint density at radius 3 is 2.24 bits per heavy atom. The number of methoxy groups -OCH3 is 2. The lowest BCUT2D eigenvalue weighted by atomic mass is 10.2. The smallest absolute Gasteiger partial charge is 0.238 e. The highest BCUT2D eigenvalue weighted by atomic mass is 32.2. The molecule has 0 unspecified atom stereocenters. The average molecular weight is 413 g/mol. The first kappa shape index (κ1) is 20.7. The zero-order valence-corrected chi connectivity index (χ0v) is 17.4. The Balaban J connectivity index is 1.76. The molecular formula is C21H23N3O4S. The van der Waals surface area contributed by atoms with Gasteiger partial charge in [-0.05, 0) is 55.5 Å². The summed E-state index contributed by atoms with van der Waals surface area (Å²) < 4.78 is 10.3. The average Bonchev–Trinajstić information content (AvgIpc) is 2.74. The number of hydrogen-bond donors (Lipinski definition) is 1. The van der Waals surface area contributed by atoms with Gasteiger partial charge in [0, 0.05) is 18.7 Å². The monoisotopic (exact) mass is 413 g/mol. The molecule has 29 heavy (non-hydrogen) atoms. The van der Waals surface area contributed by atoms with Gasteiger partial charge in [-0.25, -0.2) is 4.99 Å². The number of carbonyl (C=O) groups is 2. The standard InChI is InChI=1S/C21H23N3O4S/c1-4-24-19(25)13-18(20(26)22-14-5-9-16(27-2)10-6-14)29-21(24)23-15-7-11-17(28-3)12-8-15/h5-12,18H,4,13H2,1-3H3,(H,22,26)/t18-/m1/s1. The van der Waals surface area contributed by atoms with Crippen LogP contribution in [0.2, 0.25) is 0 Å². The second-order valence-electron chi connectivity index (χ2n) is 6.26. The molecular weight excluding hydrogens is 390 g/mol. The van der Waals surface area contributed by atoms with Crippen molar-refractivity contribution in [2.75, 3.05) is 26.1 Å². The molecule has 152 valence electrons. The van der Waals surface area contributed by atoms with Crippen molar-refractivity contribution in [2.45, 2.75) is 18.6 Å². The molecule has 1 heterocycles. The Bertz CT molecular complexity index is 897. The first-order valence-corrected chi connectivity index (χ1v) is 10.1. The maximum Gasteiger partial charge on any atom is 0.238 e. The van der Waals surface area contributed by atoms with Crippen LogP contribution >= 0.6 is 11.8 Å². The van der Waals surface area contributed by atoms with Gasteiger partial charge in [0.15, 0.2) is 5.17 Å². The van der Waals surface area contributed by atoms with Crippen molar-refractivity contribution in [3.8, 4) is 11.5 Å². The first-order chi connectivity index (χ1) is 14.0. The molecule has 0 aromatic heterocycles. The van der Waals surface area contributed by atoms with Crippen LogP contribution in [0.25, 0.3) is 0 Å². The molecule has 0 saturated carbocycles. The maximum absolute atomic E-state index is 12.7. The minimum Gasteiger partial charge on any atom is -0.497 e. The third kappa shape index (κ3) is 5.08. The summed E-state index contributed by atoms with van der Waals surface area (Å²) in [7, 11) is 3.18. The van der Waals surface area contributed by atoms with Gasteiger partial charge in [-0.15, -0.1) is 0 Å². The van der Waals surface area contributed by atoms with Crippen molar-refractivity contribution < 1.29 is 19.1 Å². The number of thioether (sulfide) groups is 1. The van der Waals surface area contributed by atoms with Crippen LogP contribution in [0.5, 0.6) is 11.5 Å². The van der Waals surface area contributed by atoms with Gasteiger partial charge in [-0.1, -0.05) is 11.8 Å². The number of rotatable bonds is 6. The van der Waals surface area contributed by atoms with E-state index in [2.05, 4.69) is 10.3 Å². The Morgan fingerprint density at radius 1 is 1.10 bits per heavy atom. The number of carbonyl (C=O) groups excluding carboxylic acids is 2. The molecule has 3 rings (SSSR count). The molecule has 2 amide bonds. The van der Waals surface area contributed by atoms with E-state index in [-0.39, 0.29) is 18.2 Å². The minimum atomic E-state index is -0.551. The summed E-state index contributed by atoms with van der Waals surface area (Å²) in [5, 5.41) is 2.82. The molecule has 1 aliphatic heterocycles. The van der Waals surface area contributed by atoms with Crippen molar-refractivity contribution in [2.24, 2.45) is 4.99 Å². The third-order valence-electron chi connectivity index (χ3n) is 4.40. The lowest BCUT2D eigenvalue weighted by Crippen LogP contribution is -2.45. The summed E-state index contributed by atoms with van der Waals surface area (Å²) >= 11 is 1.29. The van der Waals surface area contributed by atoms with Crippen LogP contribution in [0.1, 0.15) is 13.3 Å². The molecule has 1 saturated heterocycles. The van der Waals surface area contributed by atoms with E-state index in [1.165, 1.54) is 11.8 Å². The highest BCUT2D eigenvalue weighted by molar-refractivity contribution is 8.15. The van der Waals surface area contributed by atoms with E-state index in [1.807, 2.05) is 19.1 Å². The Morgan fingerprint density at radius 2 is 1.69 bits per heavy atom. The van der Waals surface area contributed by atoms with Crippen LogP contribution in [-0.4, -0.2) is 47.9 Å². The summed E-state index contributed by atoms with van der Waals surface area (Å²) in [5.41, 5.74) is 1.34. The second-order valence-corrected chi connectivity index (χ2v) is 7.43. The van der Waals surface area contributed by atoms with E-state index >= 15 is 0 Å². The van der Waals surface area contributed by atoms with E-state index in [1.54, 1.807) is 55.5 Å². The van der Waals surface area contributed by atoms with Gasteiger partial charge < -0.3 is 14.8 Å². The Kier molecular flexibility index (Phi) is 6.77. The van der Waals surface area contributed by atoms with Crippen molar-refractivity contribution >= 4 is 40.1 Å². The van der Waals surface area contributed by atoms with Crippen LogP contribution in [0.3, 0.4) is 0 Å². The van der Waals surface area contributed by atoms with Crippen molar-refractivity contribution in [1.29, 1.82) is 0 Å². The number of nitrogens with zero attached hydrogens (tertiary/aromatic N) is 2. The fourth-order valence-corrected chi connectivity index (χ4v) is 3.98. The van der Waals surface area contributed by atoms with Crippen molar-refractivity contribution in [3.63, 3.8) is 0 Å². The zero-order valence-electron chi connectivity index (χ0n) is 16.5. The van der Waals surface area contributed by atoms with Crippen LogP contribution in [0.15, 0.2) is 53.5 Å². The Labute approximate surface area is 174 Å². The molecule has 0 radical (unpaired) electrons. The normalized spacial score (nSPS) is 17.9. The van der Waals surface area contributed by atoms with E-state index in [0.717, 1.165) is 5.75 Å². The fraction of sp³-hybridized carbons (Fsp3) is 0.286. The summed E-state index contributed by atoms with van der Waals surface area (Å²) in [6.45, 7) is 2.38. The zero-order chi connectivity index (χ0) is 20.8. The number of aliphatic imine (C=N–C) groups is 1. The molecule has 0 aliphatic carbocycles. The van der Waals surface area contributed by atoms with Gasteiger partial charge in [0.2, 0.25) is 11.8 Å². The molecule has 1 aliphatic rings. The fourth-order valence-electron chi connectivity index (χ4n) is 2.82. The quantitative estimate of drug-likeness (QED) is 0.781. The number of hydrogen-bond acceptors (Lipinski definition) is 6. The molecule has 2 aromatic rings. The highest BCUT2D eigenvalue weighted by Gasteiger charge is 2.35. The molecule has 0 bridgehead atoms. The highest BCUT2D eigenvalue weighted by Crippen LogP contribution is 2.30. The van der Waals surface area contributed by atoms with E-state index in [9.17, 15) is 9.59 Å². The minimum absolute atomic E-state index is 0.117. The van der Waals surface area contributed by atoms with Crippen LogP contribution < -0.4 is 14.8 Å². The molecule has 1 fully saturated rings. The summed E-state index contributed by atoms with van der Waals surface area (Å²) in [6, 6.07) is 14.3. The molecule has 0 spiro atoms. The number of ether oxygens (including phenoxy) is 2. The molecule has 1 N–H and O–H groups in total. The summed E-state index contributed by atoms with van der Waals surface area (Å²) in [5.74, 6) is 1.09. The number of nitrogens with one attached hydrogen (secondary N) is 1. The lowest BCUT2D eigenvalue weighted by Gasteiger charge is -2.30. The number of amides is 2. The topological polar surface area (TPSA) is 80.2 Å². The SMILES string of the molecule is CCN1C(=O)C[C@H](C(=O)Nc2ccc(OC)cc2)SC1=Nc1ccc(OC)cc1. The maximum atomic E-state index is 12.7. The third-order valence-corrected chi connectivity index (χ3v) is 5.59. The number of anilines is 1. The van der Waals surface area contributed by atoms with E-state index < -0.39 is 5.25 Å². The Hall–Kier alpha value is -3.00. The largest absolute Gasteiger partial charge is 0.497 e. The summed E-state index contributed by atoms with van der Waals surface area (Å²) in [4.78, 5) is 31.5. The molecule has 8 heteroatoms. The predicted molar refractivity (Wildman–Crippen MR) is 115 cm³/mol. The van der Waals surface area contributed by atoms with E-state index in [0.29, 0.717) is 28.8 Å². The van der Waals surface area contributed by atoms with Crippen molar-refractivity contribution in [1.82, 2.24) is 4.90 Å².